The van der Waals surface area contributed by atoms with Crippen LogP contribution in [0.15, 0.2) is 36.4 Å². The van der Waals surface area contributed by atoms with Gasteiger partial charge in [0.05, 0.1) is 5.69 Å². The van der Waals surface area contributed by atoms with Crippen LogP contribution in [-0.2, 0) is 4.79 Å². The fourth-order valence-electron chi connectivity index (χ4n) is 2.54. The largest absolute Gasteiger partial charge is 0.382 e. The monoisotopic (exact) mass is 365 g/mol. The molecule has 0 aliphatic carbocycles. The number of carbonyl (C=O) groups is 1. The van der Waals surface area contributed by atoms with E-state index in [1.807, 2.05) is 24.3 Å². The van der Waals surface area contributed by atoms with Crippen LogP contribution in [0.1, 0.15) is 20.3 Å². The number of nitrogens with zero attached hydrogens (tertiary/aromatic N) is 1. The van der Waals surface area contributed by atoms with E-state index in [4.69, 9.17) is 0 Å². The summed E-state index contributed by atoms with van der Waals surface area (Å²) in [6.45, 7) is 6.03. The van der Waals surface area contributed by atoms with E-state index >= 15 is 0 Å². The summed E-state index contributed by atoms with van der Waals surface area (Å²) in [5.74, 6) is -4.35. The lowest BCUT2D eigenvalue weighted by molar-refractivity contribution is -0.115. The summed E-state index contributed by atoms with van der Waals surface area (Å²) in [6, 6.07) is 9.41. The van der Waals surface area contributed by atoms with E-state index in [0.29, 0.717) is 5.69 Å². The second-order valence-electron chi connectivity index (χ2n) is 5.67. The predicted molar refractivity (Wildman–Crippen MR) is 98.1 cm³/mol. The molecule has 4 nitrogen and oxygen atoms in total. The number of carbonyl (C=O) groups excluding carboxylic acids is 1. The number of nitrogens with one attached hydrogen (secondary N) is 2. The first kappa shape index (κ1) is 19.6. The second kappa shape index (κ2) is 9.12. The highest BCUT2D eigenvalue weighted by atomic mass is 19.2. The first-order chi connectivity index (χ1) is 12.5. The van der Waals surface area contributed by atoms with Crippen molar-refractivity contribution in [3.8, 4) is 0 Å². The average Bonchev–Trinajstić information content (AvgIpc) is 2.64. The Morgan fingerprint density at radius 1 is 0.962 bits per heavy atom. The van der Waals surface area contributed by atoms with Gasteiger partial charge >= 0.3 is 0 Å². The van der Waals surface area contributed by atoms with Gasteiger partial charge in [0, 0.05) is 37.4 Å². The lowest BCUT2D eigenvalue weighted by Gasteiger charge is -2.21. The van der Waals surface area contributed by atoms with Gasteiger partial charge in [0.25, 0.3) is 0 Å². The van der Waals surface area contributed by atoms with Gasteiger partial charge in [-0.2, -0.15) is 0 Å². The molecule has 0 aliphatic heterocycles. The maximum Gasteiger partial charge on any atom is 0.226 e. The van der Waals surface area contributed by atoms with Crippen LogP contribution in [0.25, 0.3) is 0 Å². The Kier molecular flexibility index (Phi) is 6.89. The Morgan fingerprint density at radius 3 is 2.23 bits per heavy atom. The van der Waals surface area contributed by atoms with E-state index in [0.717, 1.165) is 30.9 Å². The van der Waals surface area contributed by atoms with Crippen molar-refractivity contribution in [1.29, 1.82) is 0 Å². The molecule has 0 radical (unpaired) electrons. The van der Waals surface area contributed by atoms with Crippen molar-refractivity contribution < 1.29 is 18.0 Å². The first-order valence-corrected chi connectivity index (χ1v) is 8.48. The molecule has 0 spiro atoms. The molecule has 0 aliphatic rings. The number of hydrogen-bond donors (Lipinski definition) is 2. The summed E-state index contributed by atoms with van der Waals surface area (Å²) in [5, 5.41) is 5.33. The number of amides is 1. The number of hydrogen-bond acceptors (Lipinski definition) is 3. The summed E-state index contributed by atoms with van der Waals surface area (Å²) < 4.78 is 39.5. The van der Waals surface area contributed by atoms with Crippen molar-refractivity contribution in [2.75, 3.05) is 35.2 Å². The first-order valence-electron chi connectivity index (χ1n) is 8.48. The van der Waals surface area contributed by atoms with Gasteiger partial charge in [-0.05, 0) is 50.2 Å². The topological polar surface area (TPSA) is 44.4 Å². The van der Waals surface area contributed by atoms with E-state index in [1.54, 1.807) is 0 Å². The minimum atomic E-state index is -1.53. The van der Waals surface area contributed by atoms with Gasteiger partial charge in [0.15, 0.2) is 17.5 Å². The third-order valence-corrected chi connectivity index (χ3v) is 3.98. The van der Waals surface area contributed by atoms with Crippen molar-refractivity contribution in [2.45, 2.75) is 20.3 Å². The Hall–Kier alpha value is -2.70. The highest BCUT2D eigenvalue weighted by molar-refractivity contribution is 5.91. The molecule has 0 saturated heterocycles. The Bertz CT molecular complexity index is 746. The van der Waals surface area contributed by atoms with Crippen LogP contribution in [0.3, 0.4) is 0 Å². The molecule has 26 heavy (non-hydrogen) atoms. The van der Waals surface area contributed by atoms with Crippen molar-refractivity contribution >= 4 is 23.0 Å². The molecule has 0 fully saturated rings. The highest BCUT2D eigenvalue weighted by Crippen LogP contribution is 2.20. The molecular formula is C19H22F3N3O. The third kappa shape index (κ3) is 4.91. The third-order valence-electron chi connectivity index (χ3n) is 3.98. The zero-order valence-corrected chi connectivity index (χ0v) is 14.8. The van der Waals surface area contributed by atoms with Gasteiger partial charge in [0.2, 0.25) is 5.91 Å². The van der Waals surface area contributed by atoms with Gasteiger partial charge in [-0.25, -0.2) is 13.2 Å². The normalized spacial score (nSPS) is 10.5. The summed E-state index contributed by atoms with van der Waals surface area (Å²) in [5.41, 5.74) is 1.55. The van der Waals surface area contributed by atoms with E-state index in [2.05, 4.69) is 29.4 Å². The van der Waals surface area contributed by atoms with Crippen molar-refractivity contribution in [2.24, 2.45) is 0 Å². The minimum Gasteiger partial charge on any atom is -0.382 e. The van der Waals surface area contributed by atoms with Gasteiger partial charge in [0.1, 0.15) is 0 Å². The second-order valence-corrected chi connectivity index (χ2v) is 5.67. The van der Waals surface area contributed by atoms with E-state index in [1.165, 1.54) is 0 Å². The van der Waals surface area contributed by atoms with Gasteiger partial charge in [-0.1, -0.05) is 0 Å². The maximum absolute atomic E-state index is 13.5. The number of halogens is 3. The molecule has 0 saturated carbocycles. The molecule has 2 N–H and O–H groups in total. The lowest BCUT2D eigenvalue weighted by atomic mass is 10.2. The molecular weight excluding hydrogens is 343 g/mol. The van der Waals surface area contributed by atoms with Crippen LogP contribution in [-0.4, -0.2) is 25.5 Å². The number of anilines is 3. The summed E-state index contributed by atoms with van der Waals surface area (Å²) >= 11 is 0. The summed E-state index contributed by atoms with van der Waals surface area (Å²) in [6.07, 6.45) is 0.0518. The van der Waals surface area contributed by atoms with Gasteiger partial charge in [-0.15, -0.1) is 0 Å². The summed E-state index contributed by atoms with van der Waals surface area (Å²) in [7, 11) is 0. The van der Waals surface area contributed by atoms with Gasteiger partial charge < -0.3 is 15.5 Å². The van der Waals surface area contributed by atoms with Crippen LogP contribution in [0.5, 0.6) is 0 Å². The molecule has 0 unspecified atom stereocenters. The molecule has 2 aromatic rings. The Balaban J connectivity index is 1.85. The van der Waals surface area contributed by atoms with Crippen LogP contribution < -0.4 is 15.5 Å². The minimum absolute atomic E-state index is 0.0518. The number of benzene rings is 2. The molecule has 0 aromatic heterocycles. The Morgan fingerprint density at radius 2 is 1.62 bits per heavy atom. The highest BCUT2D eigenvalue weighted by Gasteiger charge is 2.13. The van der Waals surface area contributed by atoms with E-state index in [-0.39, 0.29) is 24.6 Å². The molecule has 0 bridgehead atoms. The quantitative estimate of drug-likeness (QED) is 0.682. The van der Waals surface area contributed by atoms with Crippen LogP contribution >= 0.6 is 0 Å². The fraction of sp³-hybridized carbons (Fsp3) is 0.316. The zero-order chi connectivity index (χ0) is 19.1. The van der Waals surface area contributed by atoms with Gasteiger partial charge in [-0.3, -0.25) is 4.79 Å². The fourth-order valence-corrected chi connectivity index (χ4v) is 2.54. The summed E-state index contributed by atoms with van der Waals surface area (Å²) in [4.78, 5) is 14.1. The number of rotatable bonds is 8. The predicted octanol–water partition coefficient (Wildman–Crippen LogP) is 4.39. The molecule has 7 heteroatoms. The molecule has 2 aromatic carbocycles. The van der Waals surface area contributed by atoms with E-state index < -0.39 is 17.5 Å². The molecule has 0 atom stereocenters. The maximum atomic E-state index is 13.5. The zero-order valence-electron chi connectivity index (χ0n) is 14.8. The van der Waals surface area contributed by atoms with Crippen LogP contribution in [0.4, 0.5) is 30.2 Å². The standard InChI is InChI=1S/C19H22F3N3O/c1-3-25(4-2)14-7-5-13(6-8-14)24-17(26)11-12-23-16-10-9-15(20)18(21)19(16)22/h5-10,23H,3-4,11-12H2,1-2H3,(H,24,26). The lowest BCUT2D eigenvalue weighted by Crippen LogP contribution is -2.21. The van der Waals surface area contributed by atoms with E-state index in [9.17, 15) is 18.0 Å². The molecule has 0 heterocycles. The van der Waals surface area contributed by atoms with Crippen molar-refractivity contribution in [3.05, 3.63) is 53.8 Å². The van der Waals surface area contributed by atoms with Crippen LogP contribution in [0, 0.1) is 17.5 Å². The Labute approximate surface area is 151 Å². The average molecular weight is 365 g/mol. The van der Waals surface area contributed by atoms with Crippen molar-refractivity contribution in [3.63, 3.8) is 0 Å². The molecule has 1 amide bonds. The van der Waals surface area contributed by atoms with Crippen LogP contribution in [0.2, 0.25) is 0 Å². The smallest absolute Gasteiger partial charge is 0.226 e. The molecule has 2 rings (SSSR count). The van der Waals surface area contributed by atoms with Crippen molar-refractivity contribution in [1.82, 2.24) is 0 Å². The molecule has 140 valence electrons. The SMILES string of the molecule is CCN(CC)c1ccc(NC(=O)CCNc2ccc(F)c(F)c2F)cc1.